The van der Waals surface area contributed by atoms with E-state index in [0.29, 0.717) is 5.01 Å². The monoisotopic (exact) mass is 166 g/mol. The highest BCUT2D eigenvalue weighted by molar-refractivity contribution is 7.10. The molecule has 0 unspecified atom stereocenters. The van der Waals surface area contributed by atoms with E-state index >= 15 is 0 Å². The summed E-state index contributed by atoms with van der Waals surface area (Å²) in [5.41, 5.74) is 0. The van der Waals surface area contributed by atoms with Crippen LogP contribution in [0, 0.1) is 6.20 Å². The van der Waals surface area contributed by atoms with Crippen LogP contribution < -0.4 is 0 Å². The van der Waals surface area contributed by atoms with Crippen LogP contribution in [0.15, 0.2) is 5.38 Å². The fourth-order valence-electron chi connectivity index (χ4n) is 0.303. The van der Waals surface area contributed by atoms with Crippen LogP contribution in [0.5, 0.6) is 0 Å². The Morgan fingerprint density at radius 2 is 2.50 bits per heavy atom. The van der Waals surface area contributed by atoms with Crippen molar-refractivity contribution in [1.82, 2.24) is 4.98 Å². The Kier molecular flexibility index (Phi) is 2.11. The summed E-state index contributed by atoms with van der Waals surface area (Å²) in [6, 6.07) is 0. The van der Waals surface area contributed by atoms with Gasteiger partial charge in [-0.25, -0.2) is 4.98 Å². The highest BCUT2D eigenvalue weighted by Crippen LogP contribution is 2.25. The molecule has 1 aromatic rings. The minimum Gasteiger partial charge on any atom is -0.237 e. The third-order valence-electron chi connectivity index (χ3n) is 0.594. The zero-order valence-corrected chi connectivity index (χ0v) is 6.09. The predicted octanol–water partition coefficient (Wildman–Crippen LogP) is 2.42. The molecular weight excluding hydrogens is 165 g/mol. The Morgan fingerprint density at radius 3 is 2.75 bits per heavy atom. The molecule has 0 aliphatic carbocycles. The molecule has 1 aromatic heterocycles. The van der Waals surface area contributed by atoms with E-state index < -0.39 is 4.84 Å². The van der Waals surface area contributed by atoms with E-state index in [1.165, 1.54) is 11.3 Å². The van der Waals surface area contributed by atoms with E-state index in [2.05, 4.69) is 11.2 Å². The first kappa shape index (κ1) is 6.33. The van der Waals surface area contributed by atoms with E-state index in [-0.39, 0.29) is 0 Å². The Morgan fingerprint density at radius 1 is 1.75 bits per heavy atom. The number of thiazole rings is 1. The second-order valence-electron chi connectivity index (χ2n) is 1.12. The Labute approximate surface area is 61.3 Å². The molecule has 0 atom stereocenters. The van der Waals surface area contributed by atoms with Crippen LogP contribution in [-0.2, 0) is 0 Å². The highest BCUT2D eigenvalue weighted by Gasteiger charge is 2.03. The number of alkyl halides is 2. The van der Waals surface area contributed by atoms with Gasteiger partial charge in [0.25, 0.3) is 0 Å². The molecule has 0 saturated carbocycles. The first-order chi connectivity index (χ1) is 3.80. The minimum atomic E-state index is -0.494. The maximum atomic E-state index is 5.44. The molecule has 1 nitrogen and oxygen atoms in total. The summed E-state index contributed by atoms with van der Waals surface area (Å²) < 4.78 is 0. The molecule has 0 saturated heterocycles. The Balaban J connectivity index is 2.77. The molecule has 0 fully saturated rings. The molecule has 43 valence electrons. The van der Waals surface area contributed by atoms with E-state index in [9.17, 15) is 0 Å². The molecule has 1 heterocycles. The average Bonchev–Trinajstić information content (AvgIpc) is 2.12. The van der Waals surface area contributed by atoms with Gasteiger partial charge in [0.05, 0.1) is 0 Å². The van der Waals surface area contributed by atoms with Crippen LogP contribution >= 0.6 is 34.5 Å². The third kappa shape index (κ3) is 1.34. The smallest absolute Gasteiger partial charge is 0.159 e. The Bertz CT molecular complexity index is 149. The first-order valence-corrected chi connectivity index (χ1v) is 3.65. The zero-order chi connectivity index (χ0) is 5.98. The summed E-state index contributed by atoms with van der Waals surface area (Å²) in [6.45, 7) is 0. The van der Waals surface area contributed by atoms with Crippen molar-refractivity contribution in [3.8, 4) is 0 Å². The quantitative estimate of drug-likeness (QED) is 0.585. The van der Waals surface area contributed by atoms with Crippen molar-refractivity contribution in [3.05, 3.63) is 16.6 Å². The number of aromatic nitrogens is 1. The van der Waals surface area contributed by atoms with Gasteiger partial charge in [0.2, 0.25) is 0 Å². The minimum absolute atomic E-state index is 0.494. The van der Waals surface area contributed by atoms with Crippen molar-refractivity contribution in [2.75, 3.05) is 0 Å². The van der Waals surface area contributed by atoms with Crippen LogP contribution in [0.25, 0.3) is 0 Å². The summed E-state index contributed by atoms with van der Waals surface area (Å²) in [4.78, 5) is 3.25. The number of nitrogens with zero attached hydrogens (tertiary/aromatic N) is 1. The molecule has 0 aromatic carbocycles. The lowest BCUT2D eigenvalue weighted by atomic mass is 10.8. The third-order valence-corrected chi connectivity index (χ3v) is 2.06. The maximum absolute atomic E-state index is 5.44. The summed E-state index contributed by atoms with van der Waals surface area (Å²) >= 11 is 12.3. The second-order valence-corrected chi connectivity index (χ2v) is 3.10. The summed E-state index contributed by atoms with van der Waals surface area (Å²) in [5.74, 6) is 0. The summed E-state index contributed by atoms with van der Waals surface area (Å²) in [7, 11) is 0. The van der Waals surface area contributed by atoms with Gasteiger partial charge in [0.1, 0.15) is 11.2 Å². The van der Waals surface area contributed by atoms with Crippen molar-refractivity contribution in [2.24, 2.45) is 0 Å². The van der Waals surface area contributed by atoms with Gasteiger partial charge in [-0.05, 0) is 0 Å². The SMILES string of the molecule is ClC(Cl)c1n[c]cs1. The molecule has 0 N–H and O–H groups in total. The number of rotatable bonds is 1. The summed E-state index contributed by atoms with van der Waals surface area (Å²) in [5, 5.41) is 2.42. The maximum Gasteiger partial charge on any atom is 0.159 e. The van der Waals surface area contributed by atoms with Gasteiger partial charge >= 0.3 is 0 Å². The van der Waals surface area contributed by atoms with Crippen molar-refractivity contribution in [2.45, 2.75) is 4.84 Å². The molecule has 0 aliphatic heterocycles. The lowest BCUT2D eigenvalue weighted by Gasteiger charge is -1.88. The molecule has 1 radical (unpaired) electrons. The molecule has 0 amide bonds. The largest absolute Gasteiger partial charge is 0.237 e. The normalized spacial score (nSPS) is 10.4. The van der Waals surface area contributed by atoms with E-state index in [0.717, 1.165) is 0 Å². The fourth-order valence-corrected chi connectivity index (χ4v) is 1.14. The molecule has 0 aliphatic rings. The Hall–Kier alpha value is 0.210. The van der Waals surface area contributed by atoms with Crippen LogP contribution in [0.2, 0.25) is 0 Å². The van der Waals surface area contributed by atoms with Crippen molar-refractivity contribution >= 4 is 34.5 Å². The first-order valence-electron chi connectivity index (χ1n) is 1.90. The van der Waals surface area contributed by atoms with Gasteiger partial charge in [-0.15, -0.1) is 11.3 Å². The van der Waals surface area contributed by atoms with Crippen LogP contribution in [-0.4, -0.2) is 4.98 Å². The standard InChI is InChI=1S/C4H2Cl2NS/c5-3(6)4-7-1-2-8-4/h2-3H. The van der Waals surface area contributed by atoms with E-state index in [1.807, 2.05) is 0 Å². The van der Waals surface area contributed by atoms with Gasteiger partial charge in [0, 0.05) is 5.38 Å². The van der Waals surface area contributed by atoms with Crippen molar-refractivity contribution in [3.63, 3.8) is 0 Å². The van der Waals surface area contributed by atoms with Crippen LogP contribution in [0.4, 0.5) is 0 Å². The summed E-state index contributed by atoms with van der Waals surface area (Å²) in [6.07, 6.45) is 2.61. The second kappa shape index (κ2) is 2.67. The van der Waals surface area contributed by atoms with Gasteiger partial charge in [-0.3, -0.25) is 0 Å². The van der Waals surface area contributed by atoms with Gasteiger partial charge in [-0.2, -0.15) is 0 Å². The molecular formula is C4H2Cl2NS. The molecule has 8 heavy (non-hydrogen) atoms. The highest BCUT2D eigenvalue weighted by atomic mass is 35.5. The van der Waals surface area contributed by atoms with Crippen molar-refractivity contribution in [1.29, 1.82) is 0 Å². The molecule has 0 spiro atoms. The number of hydrogen-bond acceptors (Lipinski definition) is 2. The average molecular weight is 167 g/mol. The predicted molar refractivity (Wildman–Crippen MR) is 35.4 cm³/mol. The van der Waals surface area contributed by atoms with Crippen LogP contribution in [0.3, 0.4) is 0 Å². The van der Waals surface area contributed by atoms with E-state index in [4.69, 9.17) is 23.2 Å². The molecule has 1 rings (SSSR count). The fraction of sp³-hybridized carbons (Fsp3) is 0.250. The molecule has 4 heteroatoms. The zero-order valence-electron chi connectivity index (χ0n) is 3.77. The van der Waals surface area contributed by atoms with E-state index in [1.54, 1.807) is 5.38 Å². The van der Waals surface area contributed by atoms with Gasteiger partial charge in [0.15, 0.2) is 4.84 Å². The van der Waals surface area contributed by atoms with Crippen LogP contribution in [0.1, 0.15) is 9.84 Å². The van der Waals surface area contributed by atoms with Crippen molar-refractivity contribution < 1.29 is 0 Å². The number of halogens is 2. The lowest BCUT2D eigenvalue weighted by molar-refractivity contribution is 1.22. The van der Waals surface area contributed by atoms with Gasteiger partial charge in [-0.1, -0.05) is 23.2 Å². The molecule has 0 bridgehead atoms. The topological polar surface area (TPSA) is 12.9 Å². The number of hydrogen-bond donors (Lipinski definition) is 0. The van der Waals surface area contributed by atoms with Gasteiger partial charge < -0.3 is 0 Å². The lowest BCUT2D eigenvalue weighted by Crippen LogP contribution is -1.74.